The second-order valence-corrected chi connectivity index (χ2v) is 3.50. The fourth-order valence-corrected chi connectivity index (χ4v) is 1.36. The number of carbonyl (C=O) groups is 1. The van der Waals surface area contributed by atoms with E-state index >= 15 is 0 Å². The van der Waals surface area contributed by atoms with Crippen LogP contribution in [0.1, 0.15) is 32.4 Å². The lowest BCUT2D eigenvalue weighted by Crippen LogP contribution is -2.33. The monoisotopic (exact) mass is 195 g/mol. The molecule has 0 aliphatic heterocycles. The van der Waals surface area contributed by atoms with E-state index in [1.807, 2.05) is 26.0 Å². The summed E-state index contributed by atoms with van der Waals surface area (Å²) >= 11 is 0. The van der Waals surface area contributed by atoms with Crippen molar-refractivity contribution in [1.82, 2.24) is 5.32 Å². The molecule has 0 aromatic carbocycles. The van der Waals surface area contributed by atoms with E-state index in [0.29, 0.717) is 6.42 Å². The van der Waals surface area contributed by atoms with E-state index in [0.717, 1.165) is 18.6 Å². The molecule has 0 fully saturated rings. The Morgan fingerprint density at radius 1 is 1.64 bits per heavy atom. The fraction of sp³-hybridized carbons (Fsp3) is 0.545. The molecule has 0 aliphatic carbocycles. The van der Waals surface area contributed by atoms with Gasteiger partial charge in [-0.2, -0.15) is 0 Å². The average molecular weight is 195 g/mol. The number of furan rings is 1. The van der Waals surface area contributed by atoms with Crippen molar-refractivity contribution in [2.24, 2.45) is 0 Å². The van der Waals surface area contributed by atoms with Crippen molar-refractivity contribution in [3.8, 4) is 0 Å². The van der Waals surface area contributed by atoms with Gasteiger partial charge < -0.3 is 9.73 Å². The average Bonchev–Trinajstić information content (AvgIpc) is 2.56. The quantitative estimate of drug-likeness (QED) is 0.782. The Morgan fingerprint density at radius 2 is 2.43 bits per heavy atom. The molecular weight excluding hydrogens is 178 g/mol. The lowest BCUT2D eigenvalue weighted by molar-refractivity contribution is -0.121. The number of amides is 1. The standard InChI is InChI=1S/C11H17NO2/c1-3-5-11(13)12-9(2)8-10-6-4-7-14-10/h4,6-7,9H,3,5,8H2,1-2H3,(H,12,13). The van der Waals surface area contributed by atoms with Gasteiger partial charge in [0.2, 0.25) is 5.91 Å². The van der Waals surface area contributed by atoms with Crippen LogP contribution in [-0.2, 0) is 11.2 Å². The Balaban J connectivity index is 2.29. The second kappa shape index (κ2) is 5.47. The first-order valence-corrected chi connectivity index (χ1v) is 5.04. The van der Waals surface area contributed by atoms with Gasteiger partial charge in [-0.3, -0.25) is 4.79 Å². The molecule has 1 unspecified atom stereocenters. The maximum Gasteiger partial charge on any atom is 0.220 e. The van der Waals surface area contributed by atoms with Crippen LogP contribution in [0, 0.1) is 0 Å². The Labute approximate surface area is 84.5 Å². The number of hydrogen-bond donors (Lipinski definition) is 1. The number of carbonyl (C=O) groups excluding carboxylic acids is 1. The summed E-state index contributed by atoms with van der Waals surface area (Å²) in [6.45, 7) is 3.98. The highest BCUT2D eigenvalue weighted by atomic mass is 16.3. The van der Waals surface area contributed by atoms with Crippen LogP contribution >= 0.6 is 0 Å². The largest absolute Gasteiger partial charge is 0.469 e. The Kier molecular flexibility index (Phi) is 4.23. The minimum Gasteiger partial charge on any atom is -0.469 e. The van der Waals surface area contributed by atoms with Crippen molar-refractivity contribution in [2.45, 2.75) is 39.2 Å². The summed E-state index contributed by atoms with van der Waals surface area (Å²) in [6, 6.07) is 3.92. The maximum atomic E-state index is 11.2. The molecule has 1 amide bonds. The molecule has 1 heterocycles. The van der Waals surface area contributed by atoms with E-state index in [2.05, 4.69) is 5.32 Å². The molecule has 0 bridgehead atoms. The predicted molar refractivity (Wildman–Crippen MR) is 54.9 cm³/mol. The Morgan fingerprint density at radius 3 is 3.00 bits per heavy atom. The van der Waals surface area contributed by atoms with E-state index in [4.69, 9.17) is 4.42 Å². The molecule has 0 saturated carbocycles. The normalized spacial score (nSPS) is 12.4. The van der Waals surface area contributed by atoms with Crippen molar-refractivity contribution < 1.29 is 9.21 Å². The van der Waals surface area contributed by atoms with Gasteiger partial charge in [0.05, 0.1) is 6.26 Å². The zero-order valence-electron chi connectivity index (χ0n) is 8.75. The topological polar surface area (TPSA) is 42.2 Å². The number of nitrogens with one attached hydrogen (secondary N) is 1. The summed E-state index contributed by atoms with van der Waals surface area (Å²) in [7, 11) is 0. The molecule has 0 spiro atoms. The van der Waals surface area contributed by atoms with Gasteiger partial charge in [-0.05, 0) is 25.5 Å². The second-order valence-electron chi connectivity index (χ2n) is 3.50. The van der Waals surface area contributed by atoms with Crippen LogP contribution in [-0.4, -0.2) is 11.9 Å². The van der Waals surface area contributed by atoms with Gasteiger partial charge >= 0.3 is 0 Å². The number of hydrogen-bond acceptors (Lipinski definition) is 2. The van der Waals surface area contributed by atoms with Crippen LogP contribution in [0.3, 0.4) is 0 Å². The van der Waals surface area contributed by atoms with Crippen molar-refractivity contribution >= 4 is 5.91 Å². The maximum absolute atomic E-state index is 11.2. The number of rotatable bonds is 5. The zero-order chi connectivity index (χ0) is 10.4. The lowest BCUT2D eigenvalue weighted by Gasteiger charge is -2.11. The molecule has 1 atom stereocenters. The third-order valence-electron chi connectivity index (χ3n) is 1.97. The van der Waals surface area contributed by atoms with Crippen LogP contribution in [0.25, 0.3) is 0 Å². The molecule has 3 nitrogen and oxygen atoms in total. The van der Waals surface area contributed by atoms with Crippen LogP contribution in [0.4, 0.5) is 0 Å². The van der Waals surface area contributed by atoms with Gasteiger partial charge in [-0.1, -0.05) is 6.92 Å². The molecule has 1 aromatic heterocycles. The Bertz CT molecular complexity index is 267. The molecule has 78 valence electrons. The van der Waals surface area contributed by atoms with Crippen molar-refractivity contribution in [3.05, 3.63) is 24.2 Å². The predicted octanol–water partition coefficient (Wildman–Crippen LogP) is 2.13. The molecule has 3 heteroatoms. The molecule has 0 saturated heterocycles. The van der Waals surface area contributed by atoms with Crippen molar-refractivity contribution in [1.29, 1.82) is 0 Å². The highest BCUT2D eigenvalue weighted by Crippen LogP contribution is 2.03. The van der Waals surface area contributed by atoms with E-state index in [1.165, 1.54) is 0 Å². The summed E-state index contributed by atoms with van der Waals surface area (Å²) in [5.74, 6) is 1.03. The first-order chi connectivity index (χ1) is 6.72. The highest BCUT2D eigenvalue weighted by molar-refractivity contribution is 5.76. The third kappa shape index (κ3) is 3.64. The van der Waals surface area contributed by atoms with Gasteiger partial charge in [0.25, 0.3) is 0 Å². The van der Waals surface area contributed by atoms with Gasteiger partial charge in [0.15, 0.2) is 0 Å². The molecule has 14 heavy (non-hydrogen) atoms. The first kappa shape index (κ1) is 10.8. The smallest absolute Gasteiger partial charge is 0.220 e. The minimum absolute atomic E-state index is 0.117. The molecule has 0 aliphatic rings. The molecule has 1 N–H and O–H groups in total. The van der Waals surface area contributed by atoms with Gasteiger partial charge in [-0.15, -0.1) is 0 Å². The molecular formula is C11H17NO2. The Hall–Kier alpha value is -1.25. The summed E-state index contributed by atoms with van der Waals surface area (Å²) in [4.78, 5) is 11.2. The highest BCUT2D eigenvalue weighted by Gasteiger charge is 2.08. The zero-order valence-corrected chi connectivity index (χ0v) is 8.75. The van der Waals surface area contributed by atoms with Crippen LogP contribution in [0.15, 0.2) is 22.8 Å². The first-order valence-electron chi connectivity index (χ1n) is 5.04. The lowest BCUT2D eigenvalue weighted by atomic mass is 10.2. The molecule has 1 rings (SSSR count). The van der Waals surface area contributed by atoms with Crippen LogP contribution in [0.5, 0.6) is 0 Å². The van der Waals surface area contributed by atoms with Crippen molar-refractivity contribution in [3.63, 3.8) is 0 Å². The SMILES string of the molecule is CCCC(=O)NC(C)Cc1ccco1. The third-order valence-corrected chi connectivity index (χ3v) is 1.97. The molecule has 1 aromatic rings. The summed E-state index contributed by atoms with van der Waals surface area (Å²) in [5.41, 5.74) is 0. The summed E-state index contributed by atoms with van der Waals surface area (Å²) < 4.78 is 5.19. The van der Waals surface area contributed by atoms with E-state index in [1.54, 1.807) is 6.26 Å². The van der Waals surface area contributed by atoms with Gasteiger partial charge in [-0.25, -0.2) is 0 Å². The van der Waals surface area contributed by atoms with Gasteiger partial charge in [0.1, 0.15) is 5.76 Å². The summed E-state index contributed by atoms with van der Waals surface area (Å²) in [5, 5.41) is 2.92. The fourth-order valence-electron chi connectivity index (χ4n) is 1.36. The minimum atomic E-state index is 0.117. The van der Waals surface area contributed by atoms with E-state index in [-0.39, 0.29) is 11.9 Å². The van der Waals surface area contributed by atoms with E-state index < -0.39 is 0 Å². The van der Waals surface area contributed by atoms with Crippen LogP contribution < -0.4 is 5.32 Å². The van der Waals surface area contributed by atoms with Crippen LogP contribution in [0.2, 0.25) is 0 Å². The van der Waals surface area contributed by atoms with Crippen molar-refractivity contribution in [2.75, 3.05) is 0 Å². The van der Waals surface area contributed by atoms with E-state index in [9.17, 15) is 4.79 Å². The summed E-state index contributed by atoms with van der Waals surface area (Å²) in [6.07, 6.45) is 3.89. The molecule has 0 radical (unpaired) electrons. The van der Waals surface area contributed by atoms with Gasteiger partial charge in [0, 0.05) is 18.9 Å².